The molecule has 1 aliphatic heterocycles. The number of anilines is 1. The minimum atomic E-state index is -1.14. The molecule has 124 valence electrons. The average molecular weight is 318 g/mol. The van der Waals surface area contributed by atoms with E-state index in [0.29, 0.717) is 6.54 Å². The Hall–Kier alpha value is -2.42. The van der Waals surface area contributed by atoms with Gasteiger partial charge in [0.1, 0.15) is 5.84 Å². The zero-order valence-corrected chi connectivity index (χ0v) is 12.7. The highest BCUT2D eigenvalue weighted by atomic mass is 16.3. The fraction of sp³-hybridized carbons (Fsp3) is 0.333. The lowest BCUT2D eigenvalue weighted by Crippen LogP contribution is -2.40. The number of benzene rings is 1. The Labute approximate surface area is 134 Å². The number of aliphatic hydroxyl groups excluding tert-OH is 1. The Bertz CT molecular complexity index is 598. The van der Waals surface area contributed by atoms with E-state index >= 15 is 0 Å². The van der Waals surface area contributed by atoms with E-state index in [0.717, 1.165) is 24.1 Å². The predicted molar refractivity (Wildman–Crippen MR) is 89.4 cm³/mol. The van der Waals surface area contributed by atoms with Crippen molar-refractivity contribution in [1.29, 1.82) is 0 Å². The van der Waals surface area contributed by atoms with Gasteiger partial charge in [-0.2, -0.15) is 0 Å². The number of carbonyl (C=O) groups excluding carboxylic acids is 1. The second-order valence-corrected chi connectivity index (χ2v) is 5.20. The molecule has 8 N–H and O–H groups in total. The van der Waals surface area contributed by atoms with Crippen LogP contribution in [-0.4, -0.2) is 29.9 Å². The van der Waals surface area contributed by atoms with Crippen LogP contribution < -0.4 is 27.4 Å². The third-order valence-corrected chi connectivity index (χ3v) is 3.49. The highest BCUT2D eigenvalue weighted by Crippen LogP contribution is 2.23. The second kappa shape index (κ2) is 7.73. The van der Waals surface area contributed by atoms with Crippen LogP contribution in [0.3, 0.4) is 0 Å². The molecule has 0 spiro atoms. The molecule has 1 aliphatic rings. The summed E-state index contributed by atoms with van der Waals surface area (Å²) in [5.74, 6) is 0.210. The molecule has 0 aromatic heterocycles. The molecule has 0 saturated heterocycles. The molecule has 0 bridgehead atoms. The quantitative estimate of drug-likeness (QED) is 0.523. The first-order chi connectivity index (χ1) is 11.0. The summed E-state index contributed by atoms with van der Waals surface area (Å²) in [7, 11) is 0. The van der Waals surface area contributed by atoms with Gasteiger partial charge in [0.25, 0.3) is 0 Å². The van der Waals surface area contributed by atoms with Crippen molar-refractivity contribution < 1.29 is 9.90 Å². The number of aliphatic imine (C=N–C) groups is 1. The van der Waals surface area contributed by atoms with Gasteiger partial charge in [0.15, 0.2) is 0 Å². The normalized spacial score (nSPS) is 18.5. The lowest BCUT2D eigenvalue weighted by molar-refractivity contribution is 0.188. The average Bonchev–Trinajstić information content (AvgIpc) is 2.52. The molecule has 0 aliphatic carbocycles. The number of nitrogens with two attached hydrogens (primary N) is 3. The Balaban J connectivity index is 2.04. The third-order valence-electron chi connectivity index (χ3n) is 3.49. The minimum Gasteiger partial charge on any atom is -0.355 e. The first kappa shape index (κ1) is 16.9. The number of hydrogen-bond acceptors (Lipinski definition) is 6. The summed E-state index contributed by atoms with van der Waals surface area (Å²) in [6.07, 6.45) is 3.73. The Morgan fingerprint density at radius 3 is 2.65 bits per heavy atom. The number of carbonyl (C=O) groups is 1. The maximum Gasteiger partial charge on any atom is 0.317 e. The number of nitrogens with zero attached hydrogens (tertiary/aromatic N) is 2. The molecule has 0 fully saturated rings. The first-order valence-corrected chi connectivity index (χ1v) is 7.35. The van der Waals surface area contributed by atoms with Crippen molar-refractivity contribution in [3.8, 4) is 0 Å². The molecule has 8 nitrogen and oxygen atoms in total. The van der Waals surface area contributed by atoms with Crippen molar-refractivity contribution in [2.75, 3.05) is 11.4 Å². The van der Waals surface area contributed by atoms with Crippen LogP contribution in [0.1, 0.15) is 24.4 Å². The number of amides is 2. The van der Waals surface area contributed by atoms with Gasteiger partial charge in [-0.25, -0.2) is 9.79 Å². The molecular weight excluding hydrogens is 296 g/mol. The van der Waals surface area contributed by atoms with E-state index in [1.807, 2.05) is 24.3 Å². The van der Waals surface area contributed by atoms with Gasteiger partial charge in [-0.1, -0.05) is 12.1 Å². The topological polar surface area (TPSA) is 143 Å². The van der Waals surface area contributed by atoms with E-state index in [1.165, 1.54) is 0 Å². The third kappa shape index (κ3) is 4.52. The smallest absolute Gasteiger partial charge is 0.317 e. The van der Waals surface area contributed by atoms with Gasteiger partial charge in [-0.3, -0.25) is 5.32 Å². The Morgan fingerprint density at radius 1 is 1.39 bits per heavy atom. The summed E-state index contributed by atoms with van der Waals surface area (Å²) in [6.45, 7) is 0.621. The molecule has 0 saturated carbocycles. The summed E-state index contributed by atoms with van der Waals surface area (Å²) < 4.78 is 0. The lowest BCUT2D eigenvalue weighted by atomic mass is 10.0. The van der Waals surface area contributed by atoms with Gasteiger partial charge in [0, 0.05) is 17.9 Å². The van der Waals surface area contributed by atoms with Crippen LogP contribution >= 0.6 is 0 Å². The molecule has 2 unspecified atom stereocenters. The fourth-order valence-corrected chi connectivity index (χ4v) is 2.28. The van der Waals surface area contributed by atoms with Crippen LogP contribution in [-0.2, 0) is 0 Å². The lowest BCUT2D eigenvalue weighted by Gasteiger charge is -2.27. The van der Waals surface area contributed by atoms with Crippen LogP contribution in [0.25, 0.3) is 0 Å². The summed E-state index contributed by atoms with van der Waals surface area (Å²) in [4.78, 5) is 16.3. The van der Waals surface area contributed by atoms with Gasteiger partial charge in [0.05, 0.1) is 0 Å². The highest BCUT2D eigenvalue weighted by molar-refractivity contribution is 6.04. The number of hydrogen-bond donors (Lipinski definition) is 5. The van der Waals surface area contributed by atoms with Crippen LogP contribution in [0.2, 0.25) is 0 Å². The van der Waals surface area contributed by atoms with E-state index in [9.17, 15) is 9.90 Å². The molecule has 23 heavy (non-hydrogen) atoms. The van der Waals surface area contributed by atoms with Crippen LogP contribution in [0.4, 0.5) is 10.5 Å². The van der Waals surface area contributed by atoms with Gasteiger partial charge in [-0.05, 0) is 43.2 Å². The van der Waals surface area contributed by atoms with Gasteiger partial charge >= 0.3 is 6.03 Å². The molecule has 0 radical (unpaired) electrons. The zero-order chi connectivity index (χ0) is 16.8. The molecule has 2 rings (SSSR count). The zero-order valence-electron chi connectivity index (χ0n) is 12.7. The van der Waals surface area contributed by atoms with E-state index in [4.69, 9.17) is 17.2 Å². The van der Waals surface area contributed by atoms with Gasteiger partial charge in [0.2, 0.25) is 6.35 Å². The largest absolute Gasteiger partial charge is 0.355 e. The molecule has 1 aromatic carbocycles. The van der Waals surface area contributed by atoms with Crippen LogP contribution in [0, 0.1) is 0 Å². The standard InChI is InChI=1S/C15H22N6O2/c16-8-1-2-12(17)10-3-5-11(6-4-10)21-9-7-13(19-14(18)22)20-15(21)23/h3-7,9,12,15,23H,1-2,8,16-17H2,(H3,18,19,20,22). The number of primary amides is 1. The van der Waals surface area contributed by atoms with Crippen molar-refractivity contribution in [2.24, 2.45) is 22.2 Å². The van der Waals surface area contributed by atoms with Crippen LogP contribution in [0.15, 0.2) is 41.5 Å². The van der Waals surface area contributed by atoms with Crippen LogP contribution in [0.5, 0.6) is 0 Å². The highest BCUT2D eigenvalue weighted by Gasteiger charge is 2.18. The SMILES string of the molecule is NCCCC(N)c1ccc(N2C=CC(NC(N)=O)=NC2O)cc1. The van der Waals surface area contributed by atoms with Crippen molar-refractivity contribution in [2.45, 2.75) is 25.2 Å². The minimum absolute atomic E-state index is 0.0567. The van der Waals surface area contributed by atoms with Crippen molar-refractivity contribution in [3.63, 3.8) is 0 Å². The van der Waals surface area contributed by atoms with Gasteiger partial charge in [-0.15, -0.1) is 0 Å². The van der Waals surface area contributed by atoms with Crippen molar-refractivity contribution in [1.82, 2.24) is 5.32 Å². The number of aliphatic hydroxyl groups is 1. The maximum atomic E-state index is 10.8. The summed E-state index contributed by atoms with van der Waals surface area (Å²) >= 11 is 0. The Morgan fingerprint density at radius 2 is 2.09 bits per heavy atom. The van der Waals surface area contributed by atoms with E-state index in [2.05, 4.69) is 10.3 Å². The number of rotatable bonds is 5. The van der Waals surface area contributed by atoms with E-state index in [-0.39, 0.29) is 11.9 Å². The molecule has 1 aromatic rings. The molecule has 8 heteroatoms. The number of urea groups is 1. The summed E-state index contributed by atoms with van der Waals surface area (Å²) in [6, 6.07) is 6.75. The summed E-state index contributed by atoms with van der Waals surface area (Å²) in [5.41, 5.74) is 18.4. The molecule has 2 amide bonds. The van der Waals surface area contributed by atoms with E-state index < -0.39 is 12.4 Å². The predicted octanol–water partition coefficient (Wildman–Crippen LogP) is 0.102. The molecular formula is C15H22N6O2. The number of nitrogens with one attached hydrogen (secondary N) is 1. The monoisotopic (exact) mass is 318 g/mol. The van der Waals surface area contributed by atoms with E-state index in [1.54, 1.807) is 17.2 Å². The number of amidine groups is 1. The molecule has 1 heterocycles. The van der Waals surface area contributed by atoms with Gasteiger partial charge < -0.3 is 27.2 Å². The second-order valence-electron chi connectivity index (χ2n) is 5.20. The first-order valence-electron chi connectivity index (χ1n) is 7.35. The maximum absolute atomic E-state index is 10.8. The van der Waals surface area contributed by atoms with Crippen molar-refractivity contribution >= 4 is 17.6 Å². The summed E-state index contributed by atoms with van der Waals surface area (Å²) in [5, 5.41) is 12.4. The Kier molecular flexibility index (Phi) is 5.69. The molecule has 2 atom stereocenters. The fourth-order valence-electron chi connectivity index (χ4n) is 2.28. The van der Waals surface area contributed by atoms with Crippen molar-refractivity contribution in [3.05, 3.63) is 42.1 Å².